The Labute approximate surface area is 165 Å². The van der Waals surface area contributed by atoms with E-state index >= 15 is 0 Å². The summed E-state index contributed by atoms with van der Waals surface area (Å²) in [5, 5.41) is 3.25. The van der Waals surface area contributed by atoms with Crippen LogP contribution in [0.15, 0.2) is 59.6 Å². The van der Waals surface area contributed by atoms with Crippen molar-refractivity contribution in [3.8, 4) is 5.75 Å². The summed E-state index contributed by atoms with van der Waals surface area (Å²) < 4.78 is 33.1. The van der Waals surface area contributed by atoms with E-state index in [9.17, 15) is 8.42 Å². The number of sulfonamides is 1. The average molecular weight is 398 g/mol. The number of aryl methyl sites for hydroxylation is 3. The first-order valence-electron chi connectivity index (χ1n) is 8.76. The Kier molecular flexibility index (Phi) is 5.56. The lowest BCUT2D eigenvalue weighted by molar-refractivity contribution is 0.414. The number of aromatic nitrogens is 1. The summed E-state index contributed by atoms with van der Waals surface area (Å²) in [5.74, 6) is 1.25. The molecule has 0 saturated heterocycles. The highest BCUT2D eigenvalue weighted by molar-refractivity contribution is 7.92. The van der Waals surface area contributed by atoms with E-state index in [2.05, 4.69) is 15.0 Å². The molecule has 2 N–H and O–H groups in total. The maximum absolute atomic E-state index is 12.7. The number of ether oxygens (including phenoxy) is 1. The Morgan fingerprint density at radius 1 is 0.929 bits per heavy atom. The fourth-order valence-corrected chi connectivity index (χ4v) is 4.07. The number of hydrogen-bond acceptors (Lipinski definition) is 5. The van der Waals surface area contributed by atoms with Gasteiger partial charge in [-0.05, 0) is 73.9 Å². The monoisotopic (exact) mass is 397 g/mol. The van der Waals surface area contributed by atoms with Gasteiger partial charge in [0.1, 0.15) is 11.6 Å². The van der Waals surface area contributed by atoms with Crippen LogP contribution in [0.5, 0.6) is 5.75 Å². The van der Waals surface area contributed by atoms with Gasteiger partial charge in [-0.3, -0.25) is 4.72 Å². The molecule has 0 bridgehead atoms. The van der Waals surface area contributed by atoms with Crippen molar-refractivity contribution in [3.05, 3.63) is 71.4 Å². The normalized spacial score (nSPS) is 11.1. The zero-order valence-corrected chi connectivity index (χ0v) is 17.1. The van der Waals surface area contributed by atoms with Gasteiger partial charge in [-0.25, -0.2) is 13.4 Å². The first-order chi connectivity index (χ1) is 13.3. The summed E-state index contributed by atoms with van der Waals surface area (Å²) in [4.78, 5) is 4.51. The summed E-state index contributed by atoms with van der Waals surface area (Å²) >= 11 is 0. The van der Waals surface area contributed by atoms with Gasteiger partial charge in [0.05, 0.1) is 23.9 Å². The third kappa shape index (κ3) is 4.43. The van der Waals surface area contributed by atoms with Crippen LogP contribution in [-0.2, 0) is 10.0 Å². The second-order valence-electron chi connectivity index (χ2n) is 6.61. The number of anilines is 3. The van der Waals surface area contributed by atoms with E-state index in [1.807, 2.05) is 32.0 Å². The molecular weight excluding hydrogens is 374 g/mol. The first kappa shape index (κ1) is 19.7. The summed E-state index contributed by atoms with van der Waals surface area (Å²) in [6, 6.07) is 14.4. The summed E-state index contributed by atoms with van der Waals surface area (Å²) in [6.45, 7) is 5.77. The number of nitrogens with zero attached hydrogens (tertiary/aromatic N) is 1. The Bertz CT molecular complexity index is 1090. The molecule has 0 saturated carbocycles. The molecule has 0 aliphatic heterocycles. The molecule has 7 heteroatoms. The summed E-state index contributed by atoms with van der Waals surface area (Å²) in [5.41, 5.74) is 4.21. The summed E-state index contributed by atoms with van der Waals surface area (Å²) in [7, 11) is -2.18. The van der Waals surface area contributed by atoms with Crippen LogP contribution in [-0.4, -0.2) is 20.5 Å². The van der Waals surface area contributed by atoms with Crippen molar-refractivity contribution in [1.29, 1.82) is 0 Å². The molecule has 0 unspecified atom stereocenters. The van der Waals surface area contributed by atoms with E-state index in [4.69, 9.17) is 4.74 Å². The lowest BCUT2D eigenvalue weighted by Gasteiger charge is -2.13. The highest BCUT2D eigenvalue weighted by Crippen LogP contribution is 2.25. The fourth-order valence-electron chi connectivity index (χ4n) is 2.80. The highest BCUT2D eigenvalue weighted by Gasteiger charge is 2.17. The number of benzene rings is 2. The molecule has 28 heavy (non-hydrogen) atoms. The Morgan fingerprint density at radius 2 is 1.71 bits per heavy atom. The molecule has 0 spiro atoms. The number of nitrogens with one attached hydrogen (secondary N) is 2. The van der Waals surface area contributed by atoms with E-state index in [1.165, 1.54) is 12.3 Å². The summed E-state index contributed by atoms with van der Waals surface area (Å²) in [6.07, 6.45) is 1.49. The van der Waals surface area contributed by atoms with Crippen LogP contribution < -0.4 is 14.8 Å². The molecule has 3 rings (SSSR count). The van der Waals surface area contributed by atoms with Crippen molar-refractivity contribution in [2.24, 2.45) is 0 Å². The van der Waals surface area contributed by atoms with Crippen LogP contribution in [0.3, 0.4) is 0 Å². The standard InChI is InChI=1S/C21H23N3O3S/c1-14-5-6-15(2)19(11-14)23-21-10-7-17(13-22-21)24-28(25,26)20-9-8-18(27-4)12-16(20)3/h5-13,24H,1-4H3,(H,22,23). The van der Waals surface area contributed by atoms with Gasteiger partial charge in [0.15, 0.2) is 0 Å². The van der Waals surface area contributed by atoms with Crippen molar-refractivity contribution < 1.29 is 13.2 Å². The molecular formula is C21H23N3O3S. The topological polar surface area (TPSA) is 80.3 Å². The van der Waals surface area contributed by atoms with Crippen molar-refractivity contribution in [3.63, 3.8) is 0 Å². The second kappa shape index (κ2) is 7.90. The lowest BCUT2D eigenvalue weighted by Crippen LogP contribution is -2.14. The zero-order valence-electron chi connectivity index (χ0n) is 16.3. The molecule has 0 radical (unpaired) electrons. The third-order valence-electron chi connectivity index (χ3n) is 4.34. The first-order valence-corrected chi connectivity index (χ1v) is 10.2. The SMILES string of the molecule is COc1ccc(S(=O)(=O)Nc2ccc(Nc3cc(C)ccc3C)nc2)c(C)c1. The van der Waals surface area contributed by atoms with E-state index in [0.29, 0.717) is 22.8 Å². The minimum Gasteiger partial charge on any atom is -0.497 e. The molecule has 1 aromatic heterocycles. The van der Waals surface area contributed by atoms with Crippen LogP contribution in [0.1, 0.15) is 16.7 Å². The quantitative estimate of drug-likeness (QED) is 0.637. The zero-order chi connectivity index (χ0) is 20.3. The molecule has 0 aliphatic rings. The molecule has 3 aromatic rings. The van der Waals surface area contributed by atoms with Gasteiger partial charge >= 0.3 is 0 Å². The van der Waals surface area contributed by atoms with Crippen LogP contribution >= 0.6 is 0 Å². The van der Waals surface area contributed by atoms with Crippen LogP contribution in [0.25, 0.3) is 0 Å². The van der Waals surface area contributed by atoms with Crippen LogP contribution in [0.4, 0.5) is 17.2 Å². The largest absolute Gasteiger partial charge is 0.497 e. The molecule has 6 nitrogen and oxygen atoms in total. The minimum absolute atomic E-state index is 0.200. The second-order valence-corrected chi connectivity index (χ2v) is 8.26. The molecule has 0 atom stereocenters. The van der Waals surface area contributed by atoms with Gasteiger partial charge in [-0.15, -0.1) is 0 Å². The van der Waals surface area contributed by atoms with Crippen LogP contribution in [0, 0.1) is 20.8 Å². The van der Waals surface area contributed by atoms with Gasteiger partial charge in [0.2, 0.25) is 0 Å². The molecule has 2 aromatic carbocycles. The fraction of sp³-hybridized carbons (Fsp3) is 0.190. The third-order valence-corrected chi connectivity index (χ3v) is 5.88. The van der Waals surface area contributed by atoms with Crippen molar-refractivity contribution >= 4 is 27.2 Å². The maximum Gasteiger partial charge on any atom is 0.262 e. The Balaban J connectivity index is 1.77. The van der Waals surface area contributed by atoms with E-state index in [1.54, 1.807) is 38.3 Å². The average Bonchev–Trinajstić information content (AvgIpc) is 2.65. The van der Waals surface area contributed by atoms with Crippen molar-refractivity contribution in [1.82, 2.24) is 4.98 Å². The van der Waals surface area contributed by atoms with Crippen molar-refractivity contribution in [2.45, 2.75) is 25.7 Å². The molecule has 0 amide bonds. The van der Waals surface area contributed by atoms with Gasteiger partial charge in [-0.1, -0.05) is 12.1 Å². The number of pyridine rings is 1. The van der Waals surface area contributed by atoms with Gasteiger partial charge in [0.25, 0.3) is 10.0 Å². The number of methoxy groups -OCH3 is 1. The minimum atomic E-state index is -3.72. The molecule has 1 heterocycles. The number of hydrogen-bond donors (Lipinski definition) is 2. The van der Waals surface area contributed by atoms with E-state index < -0.39 is 10.0 Å². The van der Waals surface area contributed by atoms with Gasteiger partial charge < -0.3 is 10.1 Å². The highest BCUT2D eigenvalue weighted by atomic mass is 32.2. The van der Waals surface area contributed by atoms with Crippen molar-refractivity contribution in [2.75, 3.05) is 17.1 Å². The molecule has 146 valence electrons. The Hall–Kier alpha value is -3.06. The van der Waals surface area contributed by atoms with E-state index in [0.717, 1.165) is 16.8 Å². The van der Waals surface area contributed by atoms with E-state index in [-0.39, 0.29) is 4.90 Å². The smallest absolute Gasteiger partial charge is 0.262 e. The molecule has 0 fully saturated rings. The Morgan fingerprint density at radius 3 is 2.36 bits per heavy atom. The predicted molar refractivity (Wildman–Crippen MR) is 112 cm³/mol. The predicted octanol–water partition coefficient (Wildman–Crippen LogP) is 4.56. The van der Waals surface area contributed by atoms with Gasteiger partial charge in [-0.2, -0.15) is 0 Å². The molecule has 0 aliphatic carbocycles. The maximum atomic E-state index is 12.7. The number of rotatable bonds is 6. The lowest BCUT2D eigenvalue weighted by atomic mass is 10.1. The van der Waals surface area contributed by atoms with Gasteiger partial charge in [0, 0.05) is 5.69 Å². The van der Waals surface area contributed by atoms with Crippen LogP contribution in [0.2, 0.25) is 0 Å².